The van der Waals surface area contributed by atoms with Crippen molar-refractivity contribution in [3.05, 3.63) is 77.4 Å². The van der Waals surface area contributed by atoms with Gasteiger partial charge in [-0.05, 0) is 74.3 Å². The summed E-state index contributed by atoms with van der Waals surface area (Å²) in [5, 5.41) is 5.60. The Bertz CT molecular complexity index is 1070. The van der Waals surface area contributed by atoms with Gasteiger partial charge < -0.3 is 15.1 Å². The van der Waals surface area contributed by atoms with Gasteiger partial charge >= 0.3 is 0 Å². The normalized spacial score (nSPS) is 17.6. The van der Waals surface area contributed by atoms with Crippen LogP contribution in [0.4, 0.5) is 5.69 Å². The first kappa shape index (κ1) is 21.4. The Balaban J connectivity index is 1.52. The predicted octanol–water partition coefficient (Wildman–Crippen LogP) is 5.17. The average molecular weight is 416 g/mol. The van der Waals surface area contributed by atoms with Crippen LogP contribution in [0.5, 0.6) is 0 Å². The molecule has 0 aliphatic carbocycles. The van der Waals surface area contributed by atoms with Crippen molar-refractivity contribution in [1.82, 2.24) is 10.2 Å². The molecular formula is C27H33N3O. The van der Waals surface area contributed by atoms with Crippen LogP contribution in [0.2, 0.25) is 0 Å². The van der Waals surface area contributed by atoms with E-state index in [0.717, 1.165) is 28.9 Å². The Labute approximate surface area is 185 Å². The molecule has 3 aromatic rings. The third kappa shape index (κ3) is 4.59. The van der Waals surface area contributed by atoms with Crippen molar-refractivity contribution in [2.45, 2.75) is 38.8 Å². The van der Waals surface area contributed by atoms with Crippen LogP contribution in [-0.2, 0) is 0 Å². The van der Waals surface area contributed by atoms with Crippen molar-refractivity contribution in [3.8, 4) is 0 Å². The van der Waals surface area contributed by atoms with Crippen LogP contribution in [0, 0.1) is 6.92 Å². The summed E-state index contributed by atoms with van der Waals surface area (Å²) in [5.41, 5.74) is 3.98. The topological polar surface area (TPSA) is 35.6 Å². The number of amides is 1. The molecule has 0 saturated carbocycles. The largest absolute Gasteiger partial charge is 0.373 e. The van der Waals surface area contributed by atoms with Crippen molar-refractivity contribution in [1.29, 1.82) is 0 Å². The number of nitrogens with one attached hydrogen (secondary N) is 1. The second-order valence-electron chi connectivity index (χ2n) is 8.92. The van der Waals surface area contributed by atoms with Crippen molar-refractivity contribution >= 4 is 22.4 Å². The highest BCUT2D eigenvalue weighted by molar-refractivity contribution is 5.97. The van der Waals surface area contributed by atoms with Gasteiger partial charge in [0, 0.05) is 30.9 Å². The summed E-state index contributed by atoms with van der Waals surface area (Å²) >= 11 is 0. The summed E-state index contributed by atoms with van der Waals surface area (Å²) in [7, 11) is 4.32. The lowest BCUT2D eigenvalue weighted by Crippen LogP contribution is -2.36. The van der Waals surface area contributed by atoms with E-state index in [9.17, 15) is 4.79 Å². The maximum absolute atomic E-state index is 13.2. The maximum Gasteiger partial charge on any atom is 0.252 e. The van der Waals surface area contributed by atoms with Gasteiger partial charge in [-0.1, -0.05) is 48.5 Å². The minimum Gasteiger partial charge on any atom is -0.373 e. The fraction of sp³-hybridized carbons (Fsp3) is 0.370. The Morgan fingerprint density at radius 1 is 1.16 bits per heavy atom. The number of likely N-dealkylation sites (N-methyl/N-ethyl adjacent to an activating group) is 2. The summed E-state index contributed by atoms with van der Waals surface area (Å²) < 4.78 is 0. The molecular weight excluding hydrogens is 382 g/mol. The molecule has 1 fully saturated rings. The number of hydrogen-bond acceptors (Lipinski definition) is 3. The molecule has 4 nitrogen and oxygen atoms in total. The van der Waals surface area contributed by atoms with Crippen LogP contribution >= 0.6 is 0 Å². The molecule has 162 valence electrons. The van der Waals surface area contributed by atoms with Gasteiger partial charge in [-0.25, -0.2) is 0 Å². The standard InChI is InChI=1S/C27H33N3O/c1-19-14-15-22(30(4)18-23-11-8-16-29(23)3)17-26(19)27(31)28-20(2)24-13-7-10-21-9-5-6-12-25(21)24/h5-7,9-10,12-15,17,20,23H,8,11,16,18H2,1-4H3,(H,28,31)/t20-,23+/m0/s1. The Morgan fingerprint density at radius 2 is 1.94 bits per heavy atom. The van der Waals surface area contributed by atoms with Gasteiger partial charge in [0.05, 0.1) is 6.04 Å². The highest BCUT2D eigenvalue weighted by atomic mass is 16.1. The quantitative estimate of drug-likeness (QED) is 0.603. The highest BCUT2D eigenvalue weighted by Gasteiger charge is 2.23. The van der Waals surface area contributed by atoms with E-state index < -0.39 is 0 Å². The van der Waals surface area contributed by atoms with Crippen molar-refractivity contribution < 1.29 is 4.79 Å². The zero-order valence-electron chi connectivity index (χ0n) is 19.1. The smallest absolute Gasteiger partial charge is 0.252 e. The molecule has 1 saturated heterocycles. The van der Waals surface area contributed by atoms with E-state index in [4.69, 9.17) is 0 Å². The molecule has 1 aliphatic rings. The number of aryl methyl sites for hydroxylation is 1. The van der Waals surface area contributed by atoms with Crippen LogP contribution in [0.25, 0.3) is 10.8 Å². The minimum atomic E-state index is -0.0773. The molecule has 2 atom stereocenters. The third-order valence-electron chi connectivity index (χ3n) is 6.70. The van der Waals surface area contributed by atoms with Gasteiger partial charge in [0.15, 0.2) is 0 Å². The molecule has 0 radical (unpaired) electrons. The first-order valence-electron chi connectivity index (χ1n) is 11.2. The second-order valence-corrected chi connectivity index (χ2v) is 8.92. The number of anilines is 1. The van der Waals surface area contributed by atoms with E-state index in [1.807, 2.05) is 25.1 Å². The van der Waals surface area contributed by atoms with Gasteiger partial charge in [0.25, 0.3) is 5.91 Å². The molecule has 1 N–H and O–H groups in total. The SMILES string of the molecule is Cc1ccc(N(C)C[C@H]2CCCN2C)cc1C(=O)N[C@@H](C)c1cccc2ccccc12. The van der Waals surface area contributed by atoms with Crippen LogP contribution in [0.15, 0.2) is 60.7 Å². The first-order valence-corrected chi connectivity index (χ1v) is 11.2. The molecule has 1 amide bonds. The zero-order chi connectivity index (χ0) is 22.0. The summed E-state index contributed by atoms with van der Waals surface area (Å²) in [6.45, 7) is 6.21. The number of fused-ring (bicyclic) bond motifs is 1. The molecule has 3 aromatic carbocycles. The van der Waals surface area contributed by atoms with E-state index in [0.29, 0.717) is 6.04 Å². The van der Waals surface area contributed by atoms with Crippen molar-refractivity contribution in [2.75, 3.05) is 32.1 Å². The zero-order valence-corrected chi connectivity index (χ0v) is 19.1. The summed E-state index contributed by atoms with van der Waals surface area (Å²) in [4.78, 5) is 17.9. The molecule has 4 rings (SSSR count). The predicted molar refractivity (Wildman–Crippen MR) is 130 cm³/mol. The number of rotatable bonds is 6. The van der Waals surface area contributed by atoms with E-state index >= 15 is 0 Å². The summed E-state index contributed by atoms with van der Waals surface area (Å²) in [5.74, 6) is -0.0221. The number of likely N-dealkylation sites (tertiary alicyclic amines) is 1. The Hall–Kier alpha value is -2.85. The highest BCUT2D eigenvalue weighted by Crippen LogP contribution is 2.26. The van der Waals surface area contributed by atoms with Crippen LogP contribution in [-0.4, -0.2) is 44.0 Å². The van der Waals surface area contributed by atoms with Crippen LogP contribution < -0.4 is 10.2 Å². The molecule has 0 aromatic heterocycles. The number of carbonyl (C=O) groups is 1. The number of benzene rings is 3. The van der Waals surface area contributed by atoms with Gasteiger partial charge in [-0.3, -0.25) is 4.79 Å². The van der Waals surface area contributed by atoms with Crippen molar-refractivity contribution in [2.24, 2.45) is 0 Å². The van der Waals surface area contributed by atoms with Gasteiger partial charge in [0.2, 0.25) is 0 Å². The molecule has 4 heteroatoms. The fourth-order valence-electron chi connectivity index (χ4n) is 4.70. The second kappa shape index (κ2) is 9.11. The molecule has 1 aliphatic heterocycles. The van der Waals surface area contributed by atoms with E-state index in [1.165, 1.54) is 30.2 Å². The van der Waals surface area contributed by atoms with E-state index in [-0.39, 0.29) is 11.9 Å². The Morgan fingerprint density at radius 3 is 2.71 bits per heavy atom. The lowest BCUT2D eigenvalue weighted by atomic mass is 9.99. The first-order chi connectivity index (χ1) is 14.9. The fourth-order valence-corrected chi connectivity index (χ4v) is 4.70. The number of nitrogens with zero attached hydrogens (tertiary/aromatic N) is 2. The van der Waals surface area contributed by atoms with Gasteiger partial charge in [0.1, 0.15) is 0 Å². The van der Waals surface area contributed by atoms with Gasteiger partial charge in [-0.2, -0.15) is 0 Å². The lowest BCUT2D eigenvalue weighted by molar-refractivity contribution is 0.0939. The van der Waals surface area contributed by atoms with E-state index in [1.54, 1.807) is 0 Å². The molecule has 0 unspecified atom stereocenters. The van der Waals surface area contributed by atoms with Gasteiger partial charge in [-0.15, -0.1) is 0 Å². The third-order valence-corrected chi connectivity index (χ3v) is 6.70. The molecule has 0 spiro atoms. The minimum absolute atomic E-state index is 0.0221. The number of hydrogen-bond donors (Lipinski definition) is 1. The average Bonchev–Trinajstić information content (AvgIpc) is 3.17. The number of carbonyl (C=O) groups excluding carboxylic acids is 1. The van der Waals surface area contributed by atoms with E-state index in [2.05, 4.69) is 78.6 Å². The summed E-state index contributed by atoms with van der Waals surface area (Å²) in [6.07, 6.45) is 2.51. The van der Waals surface area contributed by atoms with Crippen LogP contribution in [0.3, 0.4) is 0 Å². The maximum atomic E-state index is 13.2. The van der Waals surface area contributed by atoms with Crippen molar-refractivity contribution in [3.63, 3.8) is 0 Å². The lowest BCUT2D eigenvalue weighted by Gasteiger charge is -2.28. The summed E-state index contributed by atoms with van der Waals surface area (Å²) in [6, 6.07) is 21.3. The molecule has 1 heterocycles. The monoisotopic (exact) mass is 415 g/mol. The van der Waals surface area contributed by atoms with Crippen LogP contribution in [0.1, 0.15) is 47.3 Å². The molecule has 31 heavy (non-hydrogen) atoms. The Kier molecular flexibility index (Phi) is 6.28. The molecule has 0 bridgehead atoms.